The summed E-state index contributed by atoms with van der Waals surface area (Å²) in [4.78, 5) is 11.8. The van der Waals surface area contributed by atoms with Crippen molar-refractivity contribution in [1.29, 1.82) is 0 Å². The number of rotatable bonds is 2. The summed E-state index contributed by atoms with van der Waals surface area (Å²) in [6.45, 7) is 16.8. The van der Waals surface area contributed by atoms with E-state index in [4.69, 9.17) is 0 Å². The largest absolute Gasteiger partial charge is 0.300 e. The normalized spacial score (nSPS) is 27.6. The quantitative estimate of drug-likeness (QED) is 0.641. The van der Waals surface area contributed by atoms with Crippen molar-refractivity contribution in [2.24, 2.45) is 11.8 Å². The second-order valence-electron chi connectivity index (χ2n) is 7.77. The zero-order chi connectivity index (χ0) is 13.4. The van der Waals surface area contributed by atoms with Gasteiger partial charge in [0.2, 0.25) is 0 Å². The van der Waals surface area contributed by atoms with Crippen molar-refractivity contribution in [1.82, 2.24) is 0 Å². The molecule has 0 amide bonds. The predicted octanol–water partition coefficient (Wildman–Crippen LogP) is 4.89. The van der Waals surface area contributed by atoms with Gasteiger partial charge >= 0.3 is 0 Å². The summed E-state index contributed by atoms with van der Waals surface area (Å²) in [5.74, 6) is 2.01. The molecule has 17 heavy (non-hydrogen) atoms. The molecule has 0 aromatic rings. The highest BCUT2D eigenvalue weighted by atomic mass is 28.3. The molecule has 1 saturated carbocycles. The molecule has 2 heteroatoms. The molecule has 0 aliphatic heterocycles. The third kappa shape index (κ3) is 3.01. The van der Waals surface area contributed by atoms with Gasteiger partial charge in [0.1, 0.15) is 5.78 Å². The smallest absolute Gasteiger partial charge is 0.132 e. The third-order valence-corrected chi connectivity index (χ3v) is 11.8. The van der Waals surface area contributed by atoms with Crippen LogP contribution in [0.5, 0.6) is 0 Å². The fourth-order valence-corrected chi connectivity index (χ4v) is 6.64. The van der Waals surface area contributed by atoms with E-state index in [1.807, 2.05) is 0 Å². The molecule has 0 aromatic heterocycles. The molecule has 0 bridgehead atoms. The molecule has 0 heterocycles. The van der Waals surface area contributed by atoms with Crippen molar-refractivity contribution < 1.29 is 4.79 Å². The maximum Gasteiger partial charge on any atom is 0.132 e. The predicted molar refractivity (Wildman–Crippen MR) is 78.1 cm³/mol. The van der Waals surface area contributed by atoms with Crippen LogP contribution >= 0.6 is 0 Å². The summed E-state index contributed by atoms with van der Waals surface area (Å²) in [5, 5.41) is 0.391. The van der Waals surface area contributed by atoms with Crippen LogP contribution in [0, 0.1) is 11.8 Å². The lowest BCUT2D eigenvalue weighted by molar-refractivity contribution is -0.121. The Bertz CT molecular complexity index is 286. The number of ketones is 1. The van der Waals surface area contributed by atoms with Crippen molar-refractivity contribution in [2.45, 2.75) is 77.6 Å². The van der Waals surface area contributed by atoms with Crippen LogP contribution in [0.15, 0.2) is 0 Å². The minimum absolute atomic E-state index is 0.391. The standard InChI is InChI=1S/C15H30OSi/c1-11(2)13-9-8-12(16)10-14(13)17(6,7)15(3,4)5/h11,13-14H,8-10H2,1-7H3/t13-,14+/m1/s1. The molecule has 1 aliphatic carbocycles. The van der Waals surface area contributed by atoms with Gasteiger partial charge in [-0.1, -0.05) is 47.7 Å². The Hall–Kier alpha value is -0.113. The van der Waals surface area contributed by atoms with Crippen LogP contribution in [0.2, 0.25) is 23.7 Å². The molecule has 1 aliphatic rings. The van der Waals surface area contributed by atoms with E-state index in [-0.39, 0.29) is 0 Å². The van der Waals surface area contributed by atoms with Gasteiger partial charge in [0.25, 0.3) is 0 Å². The fourth-order valence-electron chi connectivity index (χ4n) is 3.17. The summed E-state index contributed by atoms with van der Waals surface area (Å²) in [5.41, 5.74) is 0.684. The number of hydrogen-bond donors (Lipinski definition) is 0. The monoisotopic (exact) mass is 254 g/mol. The lowest BCUT2D eigenvalue weighted by Crippen LogP contribution is -2.48. The van der Waals surface area contributed by atoms with Crippen LogP contribution < -0.4 is 0 Å². The Balaban J connectivity index is 3.01. The van der Waals surface area contributed by atoms with E-state index < -0.39 is 8.07 Å². The van der Waals surface area contributed by atoms with Crippen LogP contribution in [0.3, 0.4) is 0 Å². The number of carbonyl (C=O) groups excluding carboxylic acids is 1. The summed E-state index contributed by atoms with van der Waals surface area (Å²) >= 11 is 0. The molecule has 0 spiro atoms. The van der Waals surface area contributed by atoms with E-state index in [2.05, 4.69) is 47.7 Å². The van der Waals surface area contributed by atoms with Gasteiger partial charge in [-0.15, -0.1) is 0 Å². The maximum absolute atomic E-state index is 11.8. The van der Waals surface area contributed by atoms with E-state index in [1.54, 1.807) is 0 Å². The summed E-state index contributed by atoms with van der Waals surface area (Å²) in [6.07, 6.45) is 2.82. The lowest BCUT2D eigenvalue weighted by Gasteiger charge is -2.49. The van der Waals surface area contributed by atoms with Crippen molar-refractivity contribution in [3.63, 3.8) is 0 Å². The third-order valence-electron chi connectivity index (χ3n) is 5.44. The minimum Gasteiger partial charge on any atom is -0.300 e. The molecule has 0 radical (unpaired) electrons. The Morgan fingerprint density at radius 1 is 1.24 bits per heavy atom. The Labute approximate surface area is 108 Å². The highest BCUT2D eigenvalue weighted by Crippen LogP contribution is 2.52. The van der Waals surface area contributed by atoms with Crippen LogP contribution in [0.1, 0.15) is 53.9 Å². The Morgan fingerprint density at radius 2 is 1.76 bits per heavy atom. The molecule has 0 N–H and O–H groups in total. The van der Waals surface area contributed by atoms with Gasteiger partial charge in [-0.05, 0) is 28.8 Å². The number of carbonyl (C=O) groups is 1. The van der Waals surface area contributed by atoms with Crippen LogP contribution in [-0.2, 0) is 4.79 Å². The first-order valence-electron chi connectivity index (χ1n) is 7.09. The molecule has 1 nitrogen and oxygen atoms in total. The zero-order valence-corrected chi connectivity index (χ0v) is 13.8. The molecule has 100 valence electrons. The lowest BCUT2D eigenvalue weighted by atomic mass is 9.80. The van der Waals surface area contributed by atoms with E-state index in [1.165, 1.54) is 0 Å². The van der Waals surface area contributed by atoms with Crippen LogP contribution in [0.4, 0.5) is 0 Å². The van der Waals surface area contributed by atoms with E-state index in [0.29, 0.717) is 16.4 Å². The van der Waals surface area contributed by atoms with Crippen molar-refractivity contribution in [3.05, 3.63) is 0 Å². The van der Waals surface area contributed by atoms with Gasteiger partial charge in [-0.3, -0.25) is 4.79 Å². The number of Topliss-reactive ketones (excluding diaryl/α,β-unsaturated/α-hetero) is 1. The van der Waals surface area contributed by atoms with Crippen molar-refractivity contribution in [3.8, 4) is 0 Å². The zero-order valence-electron chi connectivity index (χ0n) is 12.8. The first-order chi connectivity index (χ1) is 7.57. The van der Waals surface area contributed by atoms with Gasteiger partial charge < -0.3 is 0 Å². The van der Waals surface area contributed by atoms with Gasteiger partial charge in [-0.25, -0.2) is 0 Å². The second kappa shape index (κ2) is 4.87. The summed E-state index contributed by atoms with van der Waals surface area (Å²) < 4.78 is 0. The average Bonchev–Trinajstić information content (AvgIpc) is 2.15. The van der Waals surface area contributed by atoms with Crippen LogP contribution in [0.25, 0.3) is 0 Å². The maximum atomic E-state index is 11.8. The Morgan fingerprint density at radius 3 is 2.18 bits per heavy atom. The molecule has 0 saturated heterocycles. The van der Waals surface area contributed by atoms with Crippen molar-refractivity contribution >= 4 is 13.9 Å². The topological polar surface area (TPSA) is 17.1 Å². The summed E-state index contributed by atoms with van der Waals surface area (Å²) in [7, 11) is -1.39. The molecule has 2 atom stereocenters. The van der Waals surface area contributed by atoms with E-state index >= 15 is 0 Å². The molecule has 0 unspecified atom stereocenters. The first kappa shape index (κ1) is 14.9. The Kier molecular flexibility index (Phi) is 4.28. The van der Waals surface area contributed by atoms with Gasteiger partial charge in [0, 0.05) is 12.8 Å². The van der Waals surface area contributed by atoms with E-state index in [9.17, 15) is 4.79 Å². The summed E-state index contributed by atoms with van der Waals surface area (Å²) in [6, 6.07) is 0. The van der Waals surface area contributed by atoms with Crippen molar-refractivity contribution in [2.75, 3.05) is 0 Å². The van der Waals surface area contributed by atoms with Gasteiger partial charge in [0.15, 0.2) is 0 Å². The minimum atomic E-state index is -1.39. The molecular weight excluding hydrogens is 224 g/mol. The molecule has 0 aromatic carbocycles. The van der Waals surface area contributed by atoms with Gasteiger partial charge in [0.05, 0.1) is 8.07 Å². The second-order valence-corrected chi connectivity index (χ2v) is 13.5. The molecule has 1 rings (SSSR count). The molecule has 1 fully saturated rings. The highest BCUT2D eigenvalue weighted by molar-refractivity contribution is 6.81. The SMILES string of the molecule is CC(C)[C@H]1CCC(=O)C[C@@H]1[Si](C)(C)C(C)(C)C. The number of hydrogen-bond acceptors (Lipinski definition) is 1. The van der Waals surface area contributed by atoms with Crippen LogP contribution in [-0.4, -0.2) is 13.9 Å². The molecular formula is C15H30OSi. The highest BCUT2D eigenvalue weighted by Gasteiger charge is 2.47. The first-order valence-corrected chi connectivity index (χ1v) is 10.2. The van der Waals surface area contributed by atoms with E-state index in [0.717, 1.165) is 31.1 Å². The van der Waals surface area contributed by atoms with Gasteiger partial charge in [-0.2, -0.15) is 0 Å². The fraction of sp³-hybridized carbons (Fsp3) is 0.933. The average molecular weight is 254 g/mol.